The van der Waals surface area contributed by atoms with Crippen LogP contribution in [0.15, 0.2) is 18.2 Å². The van der Waals surface area contributed by atoms with Gasteiger partial charge in [-0.1, -0.05) is 11.8 Å². The Labute approximate surface area is 127 Å². The molecule has 114 valence electrons. The molecule has 4 nitrogen and oxygen atoms in total. The maximum Gasteiger partial charge on any atom is 0.251 e. The molecule has 0 radical (unpaired) electrons. The Morgan fingerprint density at radius 3 is 2.71 bits per heavy atom. The number of hydrogen-bond acceptors (Lipinski definition) is 3. The number of amides is 1. The van der Waals surface area contributed by atoms with E-state index < -0.39 is 0 Å². The van der Waals surface area contributed by atoms with E-state index in [1.807, 2.05) is 40.1 Å². The number of aliphatic hydroxyl groups excluding tert-OH is 1. The van der Waals surface area contributed by atoms with Crippen LogP contribution >= 0.6 is 0 Å². The number of nitrogens with one attached hydrogen (secondary N) is 1. The average molecular weight is 288 g/mol. The van der Waals surface area contributed by atoms with Crippen LogP contribution < -0.4 is 5.32 Å². The molecule has 1 rings (SSSR count). The van der Waals surface area contributed by atoms with Crippen molar-refractivity contribution in [1.82, 2.24) is 10.2 Å². The van der Waals surface area contributed by atoms with Gasteiger partial charge in [-0.3, -0.25) is 4.79 Å². The topological polar surface area (TPSA) is 52.6 Å². The van der Waals surface area contributed by atoms with E-state index in [4.69, 9.17) is 5.11 Å². The maximum absolute atomic E-state index is 12.2. The largest absolute Gasteiger partial charge is 0.384 e. The lowest BCUT2D eigenvalue weighted by atomic mass is 10.0. The number of hydrogen-bond donors (Lipinski definition) is 2. The summed E-state index contributed by atoms with van der Waals surface area (Å²) in [4.78, 5) is 14.3. The summed E-state index contributed by atoms with van der Waals surface area (Å²) in [6.07, 6.45) is 0.914. The molecule has 21 heavy (non-hydrogen) atoms. The highest BCUT2D eigenvalue weighted by Crippen LogP contribution is 2.10. The summed E-state index contributed by atoms with van der Waals surface area (Å²) < 4.78 is 0. The predicted molar refractivity (Wildman–Crippen MR) is 85.2 cm³/mol. The quantitative estimate of drug-likeness (QED) is 0.806. The molecule has 0 aliphatic carbocycles. The van der Waals surface area contributed by atoms with Crippen molar-refractivity contribution in [2.45, 2.75) is 26.3 Å². The Kier molecular flexibility index (Phi) is 6.93. The highest BCUT2D eigenvalue weighted by atomic mass is 16.2. The first-order valence-corrected chi connectivity index (χ1v) is 7.10. The van der Waals surface area contributed by atoms with Crippen LogP contribution in [0.25, 0.3) is 0 Å². The zero-order chi connectivity index (χ0) is 15.8. The van der Waals surface area contributed by atoms with Crippen molar-refractivity contribution in [3.8, 4) is 11.8 Å². The second kappa shape index (κ2) is 8.46. The van der Waals surface area contributed by atoms with Crippen molar-refractivity contribution < 1.29 is 9.90 Å². The Morgan fingerprint density at radius 2 is 2.14 bits per heavy atom. The summed E-state index contributed by atoms with van der Waals surface area (Å²) in [6.45, 7) is 4.70. The van der Waals surface area contributed by atoms with Gasteiger partial charge in [0.05, 0.1) is 0 Å². The Morgan fingerprint density at radius 1 is 1.43 bits per heavy atom. The van der Waals surface area contributed by atoms with Gasteiger partial charge in [0.2, 0.25) is 0 Å². The highest BCUT2D eigenvalue weighted by molar-refractivity contribution is 5.94. The van der Waals surface area contributed by atoms with Crippen molar-refractivity contribution in [3.05, 3.63) is 34.9 Å². The van der Waals surface area contributed by atoms with E-state index in [0.717, 1.165) is 24.1 Å². The molecule has 4 heteroatoms. The standard InChI is InChI=1S/C17H24N2O2/c1-13-12-16(8-7-15(13)6-5-11-20)17(21)18-14(2)9-10-19(3)4/h7-8,12,14,20H,9-11H2,1-4H3,(H,18,21). The molecule has 1 aromatic rings. The summed E-state index contributed by atoms with van der Waals surface area (Å²) >= 11 is 0. The van der Waals surface area contributed by atoms with Crippen LogP contribution in [-0.4, -0.2) is 49.2 Å². The molecule has 0 aliphatic heterocycles. The van der Waals surface area contributed by atoms with E-state index in [1.54, 1.807) is 6.07 Å². The summed E-state index contributed by atoms with van der Waals surface area (Å²) in [5, 5.41) is 11.7. The summed E-state index contributed by atoms with van der Waals surface area (Å²) in [5.41, 5.74) is 2.41. The first kappa shape index (κ1) is 17.2. The smallest absolute Gasteiger partial charge is 0.251 e. The van der Waals surface area contributed by atoms with E-state index in [0.29, 0.717) is 5.56 Å². The van der Waals surface area contributed by atoms with Gasteiger partial charge in [0.25, 0.3) is 5.91 Å². The van der Waals surface area contributed by atoms with Gasteiger partial charge in [0, 0.05) is 17.2 Å². The number of nitrogens with zero attached hydrogens (tertiary/aromatic N) is 1. The third-order valence-corrected chi connectivity index (χ3v) is 3.18. The van der Waals surface area contributed by atoms with Crippen LogP contribution in [-0.2, 0) is 0 Å². The predicted octanol–water partition coefficient (Wildman–Crippen LogP) is 1.41. The van der Waals surface area contributed by atoms with Crippen LogP contribution in [0.3, 0.4) is 0 Å². The minimum absolute atomic E-state index is 0.0639. The average Bonchev–Trinajstić information content (AvgIpc) is 2.43. The van der Waals surface area contributed by atoms with Crippen molar-refractivity contribution in [1.29, 1.82) is 0 Å². The van der Waals surface area contributed by atoms with Crippen molar-refractivity contribution in [2.75, 3.05) is 27.2 Å². The number of aliphatic hydroxyl groups is 1. The molecular weight excluding hydrogens is 264 g/mol. The highest BCUT2D eigenvalue weighted by Gasteiger charge is 2.10. The Balaban J connectivity index is 2.68. The van der Waals surface area contributed by atoms with Gasteiger partial charge >= 0.3 is 0 Å². The number of carbonyl (C=O) groups is 1. The van der Waals surface area contributed by atoms with E-state index >= 15 is 0 Å². The molecule has 0 fully saturated rings. The zero-order valence-corrected chi connectivity index (χ0v) is 13.2. The molecule has 1 unspecified atom stereocenters. The molecule has 0 aliphatic rings. The van der Waals surface area contributed by atoms with Crippen molar-refractivity contribution in [2.24, 2.45) is 0 Å². The van der Waals surface area contributed by atoms with Crippen LogP contribution in [0.2, 0.25) is 0 Å². The van der Waals surface area contributed by atoms with Crippen molar-refractivity contribution >= 4 is 5.91 Å². The number of benzene rings is 1. The summed E-state index contributed by atoms with van der Waals surface area (Å²) in [7, 11) is 4.04. The molecule has 0 heterocycles. The first-order valence-electron chi connectivity index (χ1n) is 7.10. The van der Waals surface area contributed by atoms with Gasteiger partial charge in [-0.05, 0) is 64.7 Å². The Hall–Kier alpha value is -1.83. The van der Waals surface area contributed by atoms with E-state index in [-0.39, 0.29) is 18.6 Å². The fourth-order valence-electron chi connectivity index (χ4n) is 1.91. The molecule has 1 amide bonds. The number of aryl methyl sites for hydroxylation is 1. The normalized spacial score (nSPS) is 11.7. The van der Waals surface area contributed by atoms with Crippen LogP contribution in [0.4, 0.5) is 0 Å². The minimum atomic E-state index is -0.162. The second-order valence-corrected chi connectivity index (χ2v) is 5.46. The number of carbonyl (C=O) groups excluding carboxylic acids is 1. The third-order valence-electron chi connectivity index (χ3n) is 3.18. The molecule has 0 aromatic heterocycles. The lowest BCUT2D eigenvalue weighted by Gasteiger charge is -2.17. The monoisotopic (exact) mass is 288 g/mol. The first-order chi connectivity index (χ1) is 9.93. The fraction of sp³-hybridized carbons (Fsp3) is 0.471. The zero-order valence-electron chi connectivity index (χ0n) is 13.2. The molecule has 0 saturated heterocycles. The lowest BCUT2D eigenvalue weighted by molar-refractivity contribution is 0.0936. The van der Waals surface area contributed by atoms with Gasteiger partial charge < -0.3 is 15.3 Å². The van der Waals surface area contributed by atoms with Crippen molar-refractivity contribution in [3.63, 3.8) is 0 Å². The molecule has 1 atom stereocenters. The second-order valence-electron chi connectivity index (χ2n) is 5.46. The summed E-state index contributed by atoms with van der Waals surface area (Å²) in [5.74, 6) is 5.42. The van der Waals surface area contributed by atoms with Crippen LogP contribution in [0, 0.1) is 18.8 Å². The van der Waals surface area contributed by atoms with E-state index in [2.05, 4.69) is 22.1 Å². The molecule has 0 bridgehead atoms. The fourth-order valence-corrected chi connectivity index (χ4v) is 1.91. The molecule has 0 spiro atoms. The Bertz CT molecular complexity index is 541. The van der Waals surface area contributed by atoms with Gasteiger partial charge in [-0.25, -0.2) is 0 Å². The van der Waals surface area contributed by atoms with Crippen LogP contribution in [0.1, 0.15) is 34.8 Å². The van der Waals surface area contributed by atoms with Gasteiger partial charge in [0.15, 0.2) is 0 Å². The molecular formula is C17H24N2O2. The molecule has 2 N–H and O–H groups in total. The van der Waals surface area contributed by atoms with Gasteiger partial charge in [-0.2, -0.15) is 0 Å². The van der Waals surface area contributed by atoms with E-state index in [9.17, 15) is 4.79 Å². The lowest BCUT2D eigenvalue weighted by Crippen LogP contribution is -2.34. The van der Waals surface area contributed by atoms with Crippen LogP contribution in [0.5, 0.6) is 0 Å². The van der Waals surface area contributed by atoms with Gasteiger partial charge in [-0.15, -0.1) is 0 Å². The molecule has 0 saturated carbocycles. The molecule has 1 aromatic carbocycles. The number of rotatable bonds is 5. The maximum atomic E-state index is 12.2. The van der Waals surface area contributed by atoms with E-state index in [1.165, 1.54) is 0 Å². The SMILES string of the molecule is Cc1cc(C(=O)NC(C)CCN(C)C)ccc1C#CCO. The third kappa shape index (κ3) is 5.99. The summed E-state index contributed by atoms with van der Waals surface area (Å²) in [6, 6.07) is 5.55. The van der Waals surface area contributed by atoms with Gasteiger partial charge in [0.1, 0.15) is 6.61 Å². The minimum Gasteiger partial charge on any atom is -0.384 e.